The van der Waals surface area contributed by atoms with E-state index in [1.165, 1.54) is 42.7 Å². The number of nitrogens with one attached hydrogen (secondary N) is 2. The highest BCUT2D eigenvalue weighted by molar-refractivity contribution is 7.17. The molecule has 26 heavy (non-hydrogen) atoms. The van der Waals surface area contributed by atoms with Crippen molar-refractivity contribution in [1.29, 1.82) is 0 Å². The van der Waals surface area contributed by atoms with E-state index in [1.54, 1.807) is 6.07 Å². The fourth-order valence-electron chi connectivity index (χ4n) is 2.27. The summed E-state index contributed by atoms with van der Waals surface area (Å²) in [6.07, 6.45) is 0. The molecule has 0 saturated heterocycles. The minimum atomic E-state index is -0.544. The Balaban J connectivity index is 1.72. The molecule has 7 heteroatoms. The Hall–Kier alpha value is -3.19. The standard InChI is InChI=1S/C19H15FN2O3S/c1-25-15-11-16(12-5-3-2-4-6-12)26-17(15)19(24)22-21-18(23)13-7-9-14(20)10-8-13/h2-11H,1H3,(H,21,23)(H,22,24). The Morgan fingerprint density at radius 2 is 1.62 bits per heavy atom. The average molecular weight is 370 g/mol. The molecule has 0 aliphatic rings. The zero-order valence-electron chi connectivity index (χ0n) is 13.8. The molecule has 2 amide bonds. The molecule has 0 aliphatic carbocycles. The number of hydrogen-bond acceptors (Lipinski definition) is 4. The molecule has 0 atom stereocenters. The van der Waals surface area contributed by atoms with E-state index in [9.17, 15) is 14.0 Å². The van der Waals surface area contributed by atoms with Gasteiger partial charge >= 0.3 is 0 Å². The van der Waals surface area contributed by atoms with E-state index in [4.69, 9.17) is 4.74 Å². The molecule has 0 unspecified atom stereocenters. The quantitative estimate of drug-likeness (QED) is 0.689. The molecule has 1 aromatic heterocycles. The maximum Gasteiger partial charge on any atom is 0.283 e. The lowest BCUT2D eigenvalue weighted by atomic mass is 10.2. The second-order valence-electron chi connectivity index (χ2n) is 5.29. The average Bonchev–Trinajstić information content (AvgIpc) is 3.11. The van der Waals surface area contributed by atoms with E-state index in [0.29, 0.717) is 10.6 Å². The number of thiophene rings is 1. The van der Waals surface area contributed by atoms with Crippen LogP contribution in [0.15, 0.2) is 60.7 Å². The normalized spacial score (nSPS) is 10.2. The molecule has 0 bridgehead atoms. The first-order valence-corrected chi connectivity index (χ1v) is 8.49. The first-order valence-electron chi connectivity index (χ1n) is 7.68. The van der Waals surface area contributed by atoms with E-state index in [1.807, 2.05) is 30.3 Å². The topological polar surface area (TPSA) is 67.4 Å². The number of hydrazine groups is 1. The van der Waals surface area contributed by atoms with E-state index in [-0.39, 0.29) is 5.56 Å². The van der Waals surface area contributed by atoms with Crippen molar-refractivity contribution < 1.29 is 18.7 Å². The minimum Gasteiger partial charge on any atom is -0.495 e. The number of carbonyl (C=O) groups excluding carboxylic acids is 2. The van der Waals surface area contributed by atoms with Gasteiger partial charge in [-0.3, -0.25) is 20.4 Å². The summed E-state index contributed by atoms with van der Waals surface area (Å²) in [5.74, 6) is -1.06. The number of halogens is 1. The second kappa shape index (κ2) is 7.79. The summed E-state index contributed by atoms with van der Waals surface area (Å²) in [7, 11) is 1.48. The highest BCUT2D eigenvalue weighted by Crippen LogP contribution is 2.35. The van der Waals surface area contributed by atoms with Crippen molar-refractivity contribution >= 4 is 23.2 Å². The minimum absolute atomic E-state index is 0.231. The van der Waals surface area contributed by atoms with Gasteiger partial charge in [-0.15, -0.1) is 11.3 Å². The van der Waals surface area contributed by atoms with Gasteiger partial charge in [0.25, 0.3) is 11.8 Å². The molecular formula is C19H15FN2O3S. The van der Waals surface area contributed by atoms with Gasteiger partial charge in [0, 0.05) is 10.4 Å². The third kappa shape index (κ3) is 3.89. The van der Waals surface area contributed by atoms with Crippen LogP contribution in [0.4, 0.5) is 4.39 Å². The Morgan fingerprint density at radius 3 is 2.27 bits per heavy atom. The Morgan fingerprint density at radius 1 is 0.962 bits per heavy atom. The molecule has 132 valence electrons. The zero-order valence-corrected chi connectivity index (χ0v) is 14.6. The van der Waals surface area contributed by atoms with Crippen LogP contribution in [0.1, 0.15) is 20.0 Å². The van der Waals surface area contributed by atoms with Crippen LogP contribution in [0.5, 0.6) is 5.75 Å². The molecule has 0 aliphatic heterocycles. The maximum atomic E-state index is 12.9. The number of amides is 2. The molecule has 0 radical (unpaired) electrons. The van der Waals surface area contributed by atoms with Crippen LogP contribution in [0, 0.1) is 5.82 Å². The van der Waals surface area contributed by atoms with Crippen LogP contribution in [-0.4, -0.2) is 18.9 Å². The zero-order chi connectivity index (χ0) is 18.5. The van der Waals surface area contributed by atoms with Crippen LogP contribution in [0.3, 0.4) is 0 Å². The number of methoxy groups -OCH3 is 1. The van der Waals surface area contributed by atoms with Gasteiger partial charge in [-0.2, -0.15) is 0 Å². The van der Waals surface area contributed by atoms with Gasteiger partial charge < -0.3 is 4.74 Å². The molecule has 2 aromatic carbocycles. The van der Waals surface area contributed by atoms with Crippen molar-refractivity contribution in [2.75, 3.05) is 7.11 Å². The Labute approximate surface area is 153 Å². The number of rotatable bonds is 4. The summed E-state index contributed by atoms with van der Waals surface area (Å²) in [5, 5.41) is 0. The fourth-order valence-corrected chi connectivity index (χ4v) is 3.30. The lowest BCUT2D eigenvalue weighted by Crippen LogP contribution is -2.41. The van der Waals surface area contributed by atoms with E-state index >= 15 is 0 Å². The van der Waals surface area contributed by atoms with Crippen molar-refractivity contribution in [1.82, 2.24) is 10.9 Å². The molecule has 3 aromatic rings. The van der Waals surface area contributed by atoms with Gasteiger partial charge in [-0.05, 0) is 35.9 Å². The summed E-state index contributed by atoms with van der Waals surface area (Å²) in [4.78, 5) is 25.6. The van der Waals surface area contributed by atoms with Gasteiger partial charge in [0.2, 0.25) is 0 Å². The second-order valence-corrected chi connectivity index (χ2v) is 6.34. The molecule has 0 fully saturated rings. The molecule has 0 saturated carbocycles. The van der Waals surface area contributed by atoms with Crippen LogP contribution < -0.4 is 15.6 Å². The first kappa shape index (κ1) is 17.6. The summed E-state index contributed by atoms with van der Waals surface area (Å²) in [6, 6.07) is 16.4. The van der Waals surface area contributed by atoms with Crippen LogP contribution in [0.25, 0.3) is 10.4 Å². The van der Waals surface area contributed by atoms with Gasteiger partial charge in [0.15, 0.2) is 0 Å². The molecule has 5 nitrogen and oxygen atoms in total. The van der Waals surface area contributed by atoms with Crippen molar-refractivity contribution in [3.63, 3.8) is 0 Å². The summed E-state index contributed by atoms with van der Waals surface area (Å²) in [5.41, 5.74) is 5.85. The predicted octanol–water partition coefficient (Wildman–Crippen LogP) is 3.64. The van der Waals surface area contributed by atoms with Crippen molar-refractivity contribution in [3.05, 3.63) is 76.9 Å². The number of hydrogen-bond donors (Lipinski definition) is 2. The maximum absolute atomic E-state index is 12.9. The third-order valence-corrected chi connectivity index (χ3v) is 4.74. The highest BCUT2D eigenvalue weighted by atomic mass is 32.1. The summed E-state index contributed by atoms with van der Waals surface area (Å²) >= 11 is 1.26. The summed E-state index contributed by atoms with van der Waals surface area (Å²) < 4.78 is 18.2. The number of carbonyl (C=O) groups is 2. The Bertz CT molecular complexity index is 924. The molecule has 1 heterocycles. The SMILES string of the molecule is COc1cc(-c2ccccc2)sc1C(=O)NNC(=O)c1ccc(F)cc1. The Kier molecular flexibility index (Phi) is 5.28. The fraction of sp³-hybridized carbons (Fsp3) is 0.0526. The lowest BCUT2D eigenvalue weighted by Gasteiger charge is -2.07. The van der Waals surface area contributed by atoms with Crippen LogP contribution in [0.2, 0.25) is 0 Å². The molecular weight excluding hydrogens is 355 g/mol. The van der Waals surface area contributed by atoms with Crippen LogP contribution >= 0.6 is 11.3 Å². The number of ether oxygens (including phenoxy) is 1. The molecule has 3 rings (SSSR count). The van der Waals surface area contributed by atoms with E-state index in [0.717, 1.165) is 10.4 Å². The smallest absolute Gasteiger partial charge is 0.283 e. The van der Waals surface area contributed by atoms with Gasteiger partial charge in [0.05, 0.1) is 7.11 Å². The largest absolute Gasteiger partial charge is 0.495 e. The monoisotopic (exact) mass is 370 g/mol. The van der Waals surface area contributed by atoms with E-state index in [2.05, 4.69) is 10.9 Å². The number of benzene rings is 2. The van der Waals surface area contributed by atoms with Crippen molar-refractivity contribution in [2.24, 2.45) is 0 Å². The third-order valence-electron chi connectivity index (χ3n) is 3.58. The van der Waals surface area contributed by atoms with Gasteiger partial charge in [-0.1, -0.05) is 30.3 Å². The molecule has 2 N–H and O–H groups in total. The summed E-state index contributed by atoms with van der Waals surface area (Å²) in [6.45, 7) is 0. The van der Waals surface area contributed by atoms with Crippen LogP contribution in [-0.2, 0) is 0 Å². The first-order chi connectivity index (χ1) is 12.6. The van der Waals surface area contributed by atoms with Crippen molar-refractivity contribution in [3.8, 4) is 16.2 Å². The molecule has 0 spiro atoms. The highest BCUT2D eigenvalue weighted by Gasteiger charge is 2.18. The van der Waals surface area contributed by atoms with Gasteiger partial charge in [-0.25, -0.2) is 4.39 Å². The van der Waals surface area contributed by atoms with E-state index < -0.39 is 17.6 Å². The predicted molar refractivity (Wildman–Crippen MR) is 97.6 cm³/mol. The van der Waals surface area contributed by atoms with Crippen molar-refractivity contribution in [2.45, 2.75) is 0 Å². The van der Waals surface area contributed by atoms with Gasteiger partial charge in [0.1, 0.15) is 16.4 Å². The lowest BCUT2D eigenvalue weighted by molar-refractivity contribution is 0.0847.